The number of carbonyl (C=O) groups is 1. The van der Waals surface area contributed by atoms with Crippen LogP contribution in [-0.2, 0) is 15.0 Å². The summed E-state index contributed by atoms with van der Waals surface area (Å²) in [6, 6.07) is 19.6. The summed E-state index contributed by atoms with van der Waals surface area (Å²) in [7, 11) is -4.03. The smallest absolute Gasteiger partial charge is 0.370 e. The third-order valence-corrected chi connectivity index (χ3v) is 6.56. The number of benzene rings is 3. The van der Waals surface area contributed by atoms with Crippen LogP contribution in [0.1, 0.15) is 28.6 Å². The topological polar surface area (TPSA) is 72.9 Å². The first-order chi connectivity index (χ1) is 13.5. The number of fused-ring (bicyclic) bond motifs is 4. The molecule has 0 bridgehead atoms. The molecule has 7 heteroatoms. The Balaban J connectivity index is 1.43. The van der Waals surface area contributed by atoms with Gasteiger partial charge in [0.15, 0.2) is 17.8 Å². The molecule has 142 valence electrons. The minimum atomic E-state index is -4.03. The maximum Gasteiger partial charge on any atom is 0.388 e. The van der Waals surface area contributed by atoms with E-state index in [1.807, 2.05) is 36.4 Å². The van der Waals surface area contributed by atoms with Crippen molar-refractivity contribution >= 4 is 26.9 Å². The fourth-order valence-corrected chi connectivity index (χ4v) is 5.20. The van der Waals surface area contributed by atoms with Crippen LogP contribution in [-0.4, -0.2) is 31.2 Å². The fourth-order valence-electron chi connectivity index (χ4n) is 3.83. The summed E-state index contributed by atoms with van der Waals surface area (Å²) in [6.45, 7) is 0.140. The molecule has 1 saturated heterocycles. The number of hydrogen-bond donors (Lipinski definition) is 0. The van der Waals surface area contributed by atoms with Crippen LogP contribution in [0.25, 0.3) is 10.8 Å². The number of rotatable bonds is 3. The third-order valence-electron chi connectivity index (χ3n) is 5.17. The Morgan fingerprint density at radius 1 is 1.00 bits per heavy atom. The second-order valence-corrected chi connectivity index (χ2v) is 8.38. The first-order valence-corrected chi connectivity index (χ1v) is 10.3. The van der Waals surface area contributed by atoms with Crippen LogP contribution in [0.15, 0.2) is 66.7 Å². The number of ketones is 1. The number of hydrogen-bond acceptors (Lipinski definition) is 5. The van der Waals surface area contributed by atoms with Gasteiger partial charge in [0.1, 0.15) is 0 Å². The van der Waals surface area contributed by atoms with Gasteiger partial charge in [-0.1, -0.05) is 54.6 Å². The molecule has 0 N–H and O–H groups in total. The van der Waals surface area contributed by atoms with Crippen molar-refractivity contribution in [3.05, 3.63) is 77.9 Å². The molecule has 0 aromatic heterocycles. The van der Waals surface area contributed by atoms with E-state index >= 15 is 0 Å². The van der Waals surface area contributed by atoms with E-state index in [9.17, 15) is 13.2 Å². The molecular weight excluding hydrogens is 378 g/mol. The highest BCUT2D eigenvalue weighted by atomic mass is 32.2. The summed E-state index contributed by atoms with van der Waals surface area (Å²) in [5.41, 5.74) is 1.20. The second-order valence-electron chi connectivity index (χ2n) is 6.94. The van der Waals surface area contributed by atoms with Gasteiger partial charge in [-0.15, -0.1) is 4.31 Å². The Bertz CT molecular complexity index is 1190. The van der Waals surface area contributed by atoms with Crippen molar-refractivity contribution in [1.29, 1.82) is 0 Å². The molecule has 2 aliphatic heterocycles. The van der Waals surface area contributed by atoms with Crippen molar-refractivity contribution in [2.24, 2.45) is 0 Å². The standard InChI is InChI=1S/C21H17NO5S/c23-19(16-10-9-14-5-1-2-6-15(14)11-16)12-17-13-26-21-18-7-3-4-8-20(18)27-28(24,25)22(17)21/h1-11,17,21H,12-13H2/t17-,21+/m1/s1. The molecule has 0 radical (unpaired) electrons. The Kier molecular flexibility index (Phi) is 3.97. The van der Waals surface area contributed by atoms with Gasteiger partial charge in [-0.05, 0) is 22.9 Å². The predicted octanol–water partition coefficient (Wildman–Crippen LogP) is 3.45. The highest BCUT2D eigenvalue weighted by Crippen LogP contribution is 2.43. The van der Waals surface area contributed by atoms with E-state index in [0.29, 0.717) is 11.1 Å². The van der Waals surface area contributed by atoms with Gasteiger partial charge in [-0.3, -0.25) is 4.79 Å². The minimum Gasteiger partial charge on any atom is -0.370 e. The van der Waals surface area contributed by atoms with Crippen LogP contribution in [0.2, 0.25) is 0 Å². The van der Waals surface area contributed by atoms with Crippen molar-refractivity contribution in [3.63, 3.8) is 0 Å². The SMILES string of the molecule is O=C(C[C@@H]1CO[C@H]2c3ccccc3OS(=O)(=O)N12)c1ccc2ccccc2c1. The van der Waals surface area contributed by atoms with Gasteiger partial charge in [-0.2, -0.15) is 8.42 Å². The molecule has 0 saturated carbocycles. The molecule has 2 heterocycles. The second kappa shape index (κ2) is 6.41. The zero-order valence-corrected chi connectivity index (χ0v) is 15.6. The monoisotopic (exact) mass is 395 g/mol. The van der Waals surface area contributed by atoms with E-state index in [1.165, 1.54) is 4.31 Å². The van der Waals surface area contributed by atoms with Crippen LogP contribution < -0.4 is 4.18 Å². The predicted molar refractivity (Wildman–Crippen MR) is 103 cm³/mol. The lowest BCUT2D eigenvalue weighted by Gasteiger charge is -2.31. The van der Waals surface area contributed by atoms with Crippen molar-refractivity contribution in [2.45, 2.75) is 18.7 Å². The zero-order chi connectivity index (χ0) is 19.3. The van der Waals surface area contributed by atoms with Gasteiger partial charge in [0.25, 0.3) is 0 Å². The Morgan fingerprint density at radius 3 is 2.61 bits per heavy atom. The maximum atomic E-state index is 12.9. The van der Waals surface area contributed by atoms with Gasteiger partial charge in [0.2, 0.25) is 0 Å². The number of ether oxygens (including phenoxy) is 1. The first kappa shape index (κ1) is 17.4. The van der Waals surface area contributed by atoms with Gasteiger partial charge in [-0.25, -0.2) is 0 Å². The molecule has 28 heavy (non-hydrogen) atoms. The molecule has 0 amide bonds. The number of nitrogens with zero attached hydrogens (tertiary/aromatic N) is 1. The van der Waals surface area contributed by atoms with Crippen molar-refractivity contribution in [3.8, 4) is 5.75 Å². The molecule has 6 nitrogen and oxygen atoms in total. The van der Waals surface area contributed by atoms with Crippen molar-refractivity contribution in [2.75, 3.05) is 6.61 Å². The molecule has 0 unspecified atom stereocenters. The summed E-state index contributed by atoms with van der Waals surface area (Å²) < 4.78 is 37.4. The summed E-state index contributed by atoms with van der Waals surface area (Å²) in [6.07, 6.45) is -0.732. The van der Waals surface area contributed by atoms with E-state index in [0.717, 1.165) is 10.8 Å². The zero-order valence-electron chi connectivity index (χ0n) is 14.8. The lowest BCUT2D eigenvalue weighted by molar-refractivity contribution is 0.0573. The lowest BCUT2D eigenvalue weighted by Crippen LogP contribution is -2.44. The fraction of sp³-hybridized carbons (Fsp3) is 0.190. The summed E-state index contributed by atoms with van der Waals surface area (Å²) >= 11 is 0. The van der Waals surface area contributed by atoms with E-state index in [-0.39, 0.29) is 24.6 Å². The average Bonchev–Trinajstić information content (AvgIpc) is 3.12. The summed E-state index contributed by atoms with van der Waals surface area (Å²) in [5.74, 6) is 0.138. The van der Waals surface area contributed by atoms with Crippen LogP contribution in [0.4, 0.5) is 0 Å². The van der Waals surface area contributed by atoms with E-state index in [2.05, 4.69) is 0 Å². The normalized spacial score (nSPS) is 23.0. The Hall–Kier alpha value is -2.74. The summed E-state index contributed by atoms with van der Waals surface area (Å²) in [4.78, 5) is 12.9. The van der Waals surface area contributed by atoms with E-state index in [1.54, 1.807) is 30.3 Å². The number of para-hydroxylation sites is 1. The highest BCUT2D eigenvalue weighted by Gasteiger charge is 2.49. The maximum absolute atomic E-state index is 12.9. The minimum absolute atomic E-state index is 0.0274. The van der Waals surface area contributed by atoms with Gasteiger partial charge in [0, 0.05) is 17.5 Å². The van der Waals surface area contributed by atoms with Crippen molar-refractivity contribution < 1.29 is 22.1 Å². The van der Waals surface area contributed by atoms with Crippen LogP contribution in [0, 0.1) is 0 Å². The molecule has 2 aliphatic rings. The summed E-state index contributed by atoms with van der Waals surface area (Å²) in [5, 5.41) is 2.02. The number of Topliss-reactive ketones (excluding diaryl/α,β-unsaturated/α-hetero) is 1. The quantitative estimate of drug-likeness (QED) is 0.635. The van der Waals surface area contributed by atoms with Gasteiger partial charge in [0.05, 0.1) is 12.6 Å². The third kappa shape index (κ3) is 2.79. The van der Waals surface area contributed by atoms with Gasteiger partial charge >= 0.3 is 10.3 Å². The molecule has 1 fully saturated rings. The van der Waals surface area contributed by atoms with Gasteiger partial charge < -0.3 is 8.92 Å². The van der Waals surface area contributed by atoms with Crippen LogP contribution in [0.5, 0.6) is 5.75 Å². The molecule has 0 aliphatic carbocycles. The molecule has 3 aromatic rings. The lowest BCUT2D eigenvalue weighted by atomic mass is 10.0. The highest BCUT2D eigenvalue weighted by molar-refractivity contribution is 7.84. The molecule has 5 rings (SSSR count). The largest absolute Gasteiger partial charge is 0.388 e. The van der Waals surface area contributed by atoms with Crippen LogP contribution >= 0.6 is 0 Å². The van der Waals surface area contributed by atoms with Crippen LogP contribution in [0.3, 0.4) is 0 Å². The van der Waals surface area contributed by atoms with Crippen molar-refractivity contribution in [1.82, 2.24) is 4.31 Å². The van der Waals surface area contributed by atoms with E-state index in [4.69, 9.17) is 8.92 Å². The Labute approximate surface area is 162 Å². The number of carbonyl (C=O) groups excluding carboxylic acids is 1. The van der Waals surface area contributed by atoms with E-state index < -0.39 is 22.6 Å². The molecule has 0 spiro atoms. The Morgan fingerprint density at radius 2 is 1.75 bits per heavy atom. The molecular formula is C21H17NO5S. The average molecular weight is 395 g/mol. The molecule has 3 aromatic carbocycles. The first-order valence-electron chi connectivity index (χ1n) is 8.98. The molecule has 2 atom stereocenters.